The molecule has 5 heteroatoms. The van der Waals surface area contributed by atoms with Crippen LogP contribution in [0.3, 0.4) is 0 Å². The van der Waals surface area contributed by atoms with Crippen LogP contribution in [-0.4, -0.2) is 19.6 Å². The standard InChI is InChI=1S/C25H27NO4/c1-5-29-22-11-8-21(9-12-22)26-25(27)19-7-13-24(28-4)20(15-19)16-30-23-10-6-17(2)18(3)14-23/h6-15H,5,16H2,1-4H3,(H,26,27). The van der Waals surface area contributed by atoms with E-state index in [0.29, 0.717) is 30.2 Å². The van der Waals surface area contributed by atoms with Gasteiger partial charge < -0.3 is 19.5 Å². The van der Waals surface area contributed by atoms with Crippen LogP contribution in [0.5, 0.6) is 17.2 Å². The highest BCUT2D eigenvalue weighted by Crippen LogP contribution is 2.24. The molecule has 0 unspecified atom stereocenters. The number of methoxy groups -OCH3 is 1. The summed E-state index contributed by atoms with van der Waals surface area (Å²) < 4.78 is 16.8. The van der Waals surface area contributed by atoms with Gasteiger partial charge in [0.05, 0.1) is 13.7 Å². The smallest absolute Gasteiger partial charge is 0.255 e. The van der Waals surface area contributed by atoms with Crippen molar-refractivity contribution in [2.45, 2.75) is 27.4 Å². The van der Waals surface area contributed by atoms with Crippen molar-refractivity contribution in [1.29, 1.82) is 0 Å². The summed E-state index contributed by atoms with van der Waals surface area (Å²) in [6.45, 7) is 6.95. The first kappa shape index (κ1) is 21.2. The molecule has 3 rings (SSSR count). The minimum atomic E-state index is -0.200. The fourth-order valence-electron chi connectivity index (χ4n) is 3.00. The highest BCUT2D eigenvalue weighted by molar-refractivity contribution is 6.04. The van der Waals surface area contributed by atoms with Crippen LogP contribution in [0.4, 0.5) is 5.69 Å². The third kappa shape index (κ3) is 5.32. The third-order valence-corrected chi connectivity index (χ3v) is 4.84. The summed E-state index contributed by atoms with van der Waals surface area (Å²) in [5.41, 5.74) is 4.42. The van der Waals surface area contributed by atoms with Crippen molar-refractivity contribution in [3.05, 3.63) is 82.9 Å². The van der Waals surface area contributed by atoms with Gasteiger partial charge in [-0.25, -0.2) is 0 Å². The van der Waals surface area contributed by atoms with E-state index >= 15 is 0 Å². The van der Waals surface area contributed by atoms with Gasteiger partial charge >= 0.3 is 0 Å². The van der Waals surface area contributed by atoms with E-state index in [9.17, 15) is 4.79 Å². The molecule has 0 heterocycles. The van der Waals surface area contributed by atoms with Gasteiger partial charge in [0.2, 0.25) is 0 Å². The Morgan fingerprint density at radius 3 is 2.27 bits per heavy atom. The number of ether oxygens (including phenoxy) is 3. The first-order valence-corrected chi connectivity index (χ1v) is 9.91. The molecule has 0 aliphatic heterocycles. The molecule has 0 aliphatic rings. The quantitative estimate of drug-likeness (QED) is 0.534. The van der Waals surface area contributed by atoms with Crippen molar-refractivity contribution in [2.75, 3.05) is 19.0 Å². The van der Waals surface area contributed by atoms with Gasteiger partial charge in [-0.2, -0.15) is 0 Å². The molecule has 5 nitrogen and oxygen atoms in total. The molecule has 3 aromatic carbocycles. The van der Waals surface area contributed by atoms with Crippen molar-refractivity contribution in [3.8, 4) is 17.2 Å². The van der Waals surface area contributed by atoms with E-state index in [1.807, 2.05) is 49.4 Å². The van der Waals surface area contributed by atoms with Gasteiger partial charge in [-0.15, -0.1) is 0 Å². The van der Waals surface area contributed by atoms with Crippen LogP contribution < -0.4 is 19.5 Å². The number of anilines is 1. The molecule has 0 saturated heterocycles. The predicted octanol–water partition coefficient (Wildman–Crippen LogP) is 5.54. The monoisotopic (exact) mass is 405 g/mol. The van der Waals surface area contributed by atoms with Crippen molar-refractivity contribution < 1.29 is 19.0 Å². The van der Waals surface area contributed by atoms with E-state index < -0.39 is 0 Å². The average molecular weight is 405 g/mol. The van der Waals surface area contributed by atoms with E-state index in [2.05, 4.69) is 19.2 Å². The van der Waals surface area contributed by atoms with Crippen LogP contribution in [-0.2, 0) is 6.61 Å². The van der Waals surface area contributed by atoms with E-state index in [0.717, 1.165) is 17.1 Å². The summed E-state index contributed by atoms with van der Waals surface area (Å²) in [6, 6.07) is 18.6. The zero-order valence-corrected chi connectivity index (χ0v) is 17.8. The predicted molar refractivity (Wildman–Crippen MR) is 119 cm³/mol. The van der Waals surface area contributed by atoms with Gasteiger partial charge in [-0.3, -0.25) is 4.79 Å². The van der Waals surface area contributed by atoms with Crippen molar-refractivity contribution in [1.82, 2.24) is 0 Å². The van der Waals surface area contributed by atoms with Gasteiger partial charge in [0.25, 0.3) is 5.91 Å². The topological polar surface area (TPSA) is 56.8 Å². The molecule has 3 aromatic rings. The molecule has 0 aromatic heterocycles. The van der Waals surface area contributed by atoms with Gasteiger partial charge in [-0.1, -0.05) is 6.07 Å². The molecular formula is C25H27NO4. The average Bonchev–Trinajstić information content (AvgIpc) is 2.76. The maximum atomic E-state index is 12.7. The lowest BCUT2D eigenvalue weighted by molar-refractivity contribution is 0.102. The first-order chi connectivity index (χ1) is 14.5. The summed E-state index contributed by atoms with van der Waals surface area (Å²) in [5, 5.41) is 2.90. The largest absolute Gasteiger partial charge is 0.496 e. The van der Waals surface area contributed by atoms with Crippen molar-refractivity contribution >= 4 is 11.6 Å². The molecule has 1 amide bonds. The Bertz CT molecular complexity index is 1010. The second kappa shape index (κ2) is 9.83. The zero-order valence-electron chi connectivity index (χ0n) is 17.8. The number of carbonyl (C=O) groups is 1. The van der Waals surface area contributed by atoms with Crippen LogP contribution in [0, 0.1) is 13.8 Å². The highest BCUT2D eigenvalue weighted by atomic mass is 16.5. The molecule has 0 atom stereocenters. The van der Waals surface area contributed by atoms with Gasteiger partial charge in [0, 0.05) is 16.8 Å². The minimum Gasteiger partial charge on any atom is -0.496 e. The Morgan fingerprint density at radius 1 is 0.867 bits per heavy atom. The van der Waals surface area contributed by atoms with Gasteiger partial charge in [0.1, 0.15) is 23.9 Å². The molecule has 30 heavy (non-hydrogen) atoms. The molecule has 1 N–H and O–H groups in total. The lowest BCUT2D eigenvalue weighted by Gasteiger charge is -2.13. The number of hydrogen-bond donors (Lipinski definition) is 1. The minimum absolute atomic E-state index is 0.200. The summed E-state index contributed by atoms with van der Waals surface area (Å²) in [5.74, 6) is 2.03. The Morgan fingerprint density at radius 2 is 1.60 bits per heavy atom. The highest BCUT2D eigenvalue weighted by Gasteiger charge is 2.12. The second-order valence-corrected chi connectivity index (χ2v) is 6.97. The molecule has 0 spiro atoms. The number of benzene rings is 3. The Hall–Kier alpha value is -3.47. The lowest BCUT2D eigenvalue weighted by atomic mass is 10.1. The normalized spacial score (nSPS) is 10.4. The molecule has 0 saturated carbocycles. The summed E-state index contributed by atoms with van der Waals surface area (Å²) in [6.07, 6.45) is 0. The lowest BCUT2D eigenvalue weighted by Crippen LogP contribution is -2.13. The van der Waals surface area contributed by atoms with E-state index in [-0.39, 0.29) is 5.91 Å². The first-order valence-electron chi connectivity index (χ1n) is 9.91. The van der Waals surface area contributed by atoms with Gasteiger partial charge in [0.15, 0.2) is 0 Å². The number of carbonyl (C=O) groups excluding carboxylic acids is 1. The third-order valence-electron chi connectivity index (χ3n) is 4.84. The van der Waals surface area contributed by atoms with Crippen molar-refractivity contribution in [3.63, 3.8) is 0 Å². The fourth-order valence-corrected chi connectivity index (χ4v) is 3.00. The maximum Gasteiger partial charge on any atom is 0.255 e. The number of nitrogens with one attached hydrogen (secondary N) is 1. The van der Waals surface area contributed by atoms with Crippen LogP contribution in [0.2, 0.25) is 0 Å². The summed E-state index contributed by atoms with van der Waals surface area (Å²) >= 11 is 0. The molecule has 0 fully saturated rings. The SMILES string of the molecule is CCOc1ccc(NC(=O)c2ccc(OC)c(COc3ccc(C)c(C)c3)c2)cc1. The zero-order chi connectivity index (χ0) is 21.5. The van der Waals surface area contributed by atoms with E-state index in [4.69, 9.17) is 14.2 Å². The molecule has 0 aliphatic carbocycles. The second-order valence-electron chi connectivity index (χ2n) is 6.97. The molecule has 156 valence electrons. The number of amides is 1. The Balaban J connectivity index is 1.72. The van der Waals surface area contributed by atoms with Crippen molar-refractivity contribution in [2.24, 2.45) is 0 Å². The molecule has 0 radical (unpaired) electrons. The fraction of sp³-hybridized carbons (Fsp3) is 0.240. The number of aryl methyl sites for hydroxylation is 2. The van der Waals surface area contributed by atoms with E-state index in [1.165, 1.54) is 11.1 Å². The summed E-state index contributed by atoms with van der Waals surface area (Å²) in [7, 11) is 1.61. The van der Waals surface area contributed by atoms with Crippen LogP contribution in [0.25, 0.3) is 0 Å². The molecule has 0 bridgehead atoms. The van der Waals surface area contributed by atoms with Gasteiger partial charge in [-0.05, 0) is 86.5 Å². The maximum absolute atomic E-state index is 12.7. The van der Waals surface area contributed by atoms with Crippen LogP contribution >= 0.6 is 0 Å². The van der Waals surface area contributed by atoms with Crippen LogP contribution in [0.15, 0.2) is 60.7 Å². The Kier molecular flexibility index (Phi) is 6.96. The Labute approximate surface area is 177 Å². The van der Waals surface area contributed by atoms with Crippen LogP contribution in [0.1, 0.15) is 34.0 Å². The number of hydrogen-bond acceptors (Lipinski definition) is 4. The molecular weight excluding hydrogens is 378 g/mol. The van der Waals surface area contributed by atoms with E-state index in [1.54, 1.807) is 25.3 Å². The summed E-state index contributed by atoms with van der Waals surface area (Å²) in [4.78, 5) is 12.7. The number of rotatable bonds is 8.